The van der Waals surface area contributed by atoms with Gasteiger partial charge in [0.25, 0.3) is 0 Å². The Kier molecular flexibility index (Phi) is 8.32. The number of H-pyrrole nitrogens is 1. The number of nitrogens with zero attached hydrogens (tertiary/aromatic N) is 1. The number of rotatable bonds is 9. The van der Waals surface area contributed by atoms with Gasteiger partial charge in [-0.1, -0.05) is 25.5 Å². The molecule has 1 fully saturated rings. The number of fused-ring (bicyclic) bond motifs is 1. The lowest BCUT2D eigenvalue weighted by atomic mass is 9.81. The number of aromatic hydroxyl groups is 1. The number of likely N-dealkylation sites (tertiary alicyclic amines) is 1. The molecule has 2 unspecified atom stereocenters. The number of aromatic amines is 1. The zero-order valence-electron chi connectivity index (χ0n) is 22.1. The molecule has 2 atom stereocenters. The number of pyridine rings is 1. The van der Waals surface area contributed by atoms with Gasteiger partial charge < -0.3 is 20.1 Å². The number of piperidine rings is 1. The maximum absolute atomic E-state index is 15.0. The van der Waals surface area contributed by atoms with Gasteiger partial charge in [0.15, 0.2) is 11.6 Å². The predicted molar refractivity (Wildman–Crippen MR) is 149 cm³/mol. The maximum Gasteiger partial charge on any atom is 0.248 e. The minimum Gasteiger partial charge on any atom is -0.508 e. The van der Waals surface area contributed by atoms with Crippen molar-refractivity contribution in [1.29, 1.82) is 0 Å². The summed E-state index contributed by atoms with van der Waals surface area (Å²) in [6.45, 7) is 5.56. The molecule has 202 valence electrons. The second-order valence-electron chi connectivity index (χ2n) is 10.6. The first-order valence-corrected chi connectivity index (χ1v) is 13.9. The number of hydrogen-bond donors (Lipinski definition) is 3. The van der Waals surface area contributed by atoms with Crippen LogP contribution < -0.4 is 15.6 Å². The van der Waals surface area contributed by atoms with Crippen molar-refractivity contribution in [1.82, 2.24) is 9.88 Å². The summed E-state index contributed by atoms with van der Waals surface area (Å²) in [7, 11) is 0. The molecule has 0 spiro atoms. The summed E-state index contributed by atoms with van der Waals surface area (Å²) in [6, 6.07) is 14.0. The summed E-state index contributed by atoms with van der Waals surface area (Å²) in [6.07, 6.45) is 7.00. The fourth-order valence-corrected chi connectivity index (χ4v) is 5.85. The fraction of sp³-hybridized carbons (Fsp3) is 0.452. The van der Waals surface area contributed by atoms with Gasteiger partial charge in [0.2, 0.25) is 5.56 Å². The van der Waals surface area contributed by atoms with Gasteiger partial charge in [-0.05, 0) is 98.6 Å². The Hall–Kier alpha value is -3.32. The van der Waals surface area contributed by atoms with Crippen LogP contribution in [-0.4, -0.2) is 41.2 Å². The van der Waals surface area contributed by atoms with E-state index < -0.39 is 0 Å². The minimum absolute atomic E-state index is 0.121. The molecule has 0 saturated carbocycles. The molecule has 1 aliphatic carbocycles. The van der Waals surface area contributed by atoms with E-state index in [-0.39, 0.29) is 34.8 Å². The second kappa shape index (κ2) is 12.0. The molecule has 7 heteroatoms. The van der Waals surface area contributed by atoms with E-state index in [1.165, 1.54) is 30.9 Å². The Morgan fingerprint density at radius 2 is 1.95 bits per heavy atom. The van der Waals surface area contributed by atoms with Gasteiger partial charge in [-0.25, -0.2) is 4.39 Å². The third kappa shape index (κ3) is 6.21. The molecular weight excluding hydrogens is 481 g/mol. The number of halogens is 1. The molecule has 1 saturated heterocycles. The van der Waals surface area contributed by atoms with Gasteiger partial charge >= 0.3 is 0 Å². The Balaban J connectivity index is 1.28. The standard InChI is InChI=1S/C31H38FN3O3/c1-2-27(23-9-12-29(26(32)20-23)38-17-16-35-14-4-3-5-15-35)33-28-11-13-30(37)34-31(28)24-7-6-22-19-25(36)10-8-21(22)18-24/h8-13,19-20,24,27,33,36H,2-7,14-18H2,1H3,(H,34,37). The molecule has 3 aromatic rings. The smallest absolute Gasteiger partial charge is 0.248 e. The number of aryl methyl sites for hydroxylation is 1. The topological polar surface area (TPSA) is 77.6 Å². The molecule has 1 aromatic heterocycles. The van der Waals surface area contributed by atoms with Crippen molar-refractivity contribution in [3.8, 4) is 11.5 Å². The number of phenolic OH excluding ortho intramolecular Hbond substituents is 1. The molecule has 6 nitrogen and oxygen atoms in total. The van der Waals surface area contributed by atoms with E-state index in [1.54, 1.807) is 18.2 Å². The summed E-state index contributed by atoms with van der Waals surface area (Å²) in [5, 5.41) is 13.4. The van der Waals surface area contributed by atoms with Crippen molar-refractivity contribution in [3.63, 3.8) is 0 Å². The molecule has 2 heterocycles. The highest BCUT2D eigenvalue weighted by Crippen LogP contribution is 2.37. The van der Waals surface area contributed by atoms with E-state index in [1.807, 2.05) is 24.3 Å². The minimum atomic E-state index is -0.352. The molecule has 2 aromatic carbocycles. The van der Waals surface area contributed by atoms with Crippen LogP contribution in [0.5, 0.6) is 11.5 Å². The zero-order chi connectivity index (χ0) is 26.5. The molecular formula is C31H38FN3O3. The fourth-order valence-electron chi connectivity index (χ4n) is 5.85. The second-order valence-corrected chi connectivity index (χ2v) is 10.6. The molecule has 0 bridgehead atoms. The lowest BCUT2D eigenvalue weighted by Crippen LogP contribution is -2.33. The summed E-state index contributed by atoms with van der Waals surface area (Å²) in [5.74, 6) is 0.370. The number of anilines is 1. The van der Waals surface area contributed by atoms with Gasteiger partial charge in [0, 0.05) is 24.2 Å². The van der Waals surface area contributed by atoms with Crippen molar-refractivity contribution >= 4 is 5.69 Å². The molecule has 5 rings (SSSR count). The quantitative estimate of drug-likeness (QED) is 0.327. The van der Waals surface area contributed by atoms with Crippen LogP contribution in [0.25, 0.3) is 0 Å². The van der Waals surface area contributed by atoms with E-state index in [2.05, 4.69) is 22.1 Å². The molecule has 38 heavy (non-hydrogen) atoms. The summed E-state index contributed by atoms with van der Waals surface area (Å²) >= 11 is 0. The van der Waals surface area contributed by atoms with Gasteiger partial charge in [0.1, 0.15) is 12.4 Å². The van der Waals surface area contributed by atoms with Gasteiger partial charge in [-0.15, -0.1) is 0 Å². The van der Waals surface area contributed by atoms with E-state index in [0.717, 1.165) is 67.8 Å². The maximum atomic E-state index is 15.0. The van der Waals surface area contributed by atoms with E-state index in [9.17, 15) is 9.90 Å². The van der Waals surface area contributed by atoms with Crippen LogP contribution in [-0.2, 0) is 12.8 Å². The molecule has 0 amide bonds. The number of nitrogens with one attached hydrogen (secondary N) is 2. The number of hydrogen-bond acceptors (Lipinski definition) is 5. The number of aromatic nitrogens is 1. The summed E-state index contributed by atoms with van der Waals surface area (Å²) < 4.78 is 20.8. The Bertz CT molecular complexity index is 1300. The molecule has 3 N–H and O–H groups in total. The van der Waals surface area contributed by atoms with Crippen LogP contribution in [0.4, 0.5) is 10.1 Å². The Morgan fingerprint density at radius 3 is 2.74 bits per heavy atom. The highest BCUT2D eigenvalue weighted by atomic mass is 19.1. The molecule has 0 radical (unpaired) electrons. The third-order valence-corrected chi connectivity index (χ3v) is 7.99. The normalized spacial score (nSPS) is 18.5. The largest absolute Gasteiger partial charge is 0.508 e. The van der Waals surface area contributed by atoms with Crippen molar-refractivity contribution in [2.24, 2.45) is 0 Å². The number of phenols is 1. The predicted octanol–water partition coefficient (Wildman–Crippen LogP) is 5.92. The zero-order valence-corrected chi connectivity index (χ0v) is 22.1. The summed E-state index contributed by atoms with van der Waals surface area (Å²) in [4.78, 5) is 17.7. The number of ether oxygens (including phenoxy) is 1. The van der Waals surface area contributed by atoms with Gasteiger partial charge in [-0.3, -0.25) is 9.69 Å². The van der Waals surface area contributed by atoms with Crippen molar-refractivity contribution in [2.45, 2.75) is 63.8 Å². The first-order valence-electron chi connectivity index (χ1n) is 13.9. The molecule has 1 aliphatic heterocycles. The lowest BCUT2D eigenvalue weighted by molar-refractivity contribution is 0.180. The van der Waals surface area contributed by atoms with Crippen molar-refractivity contribution < 1.29 is 14.2 Å². The summed E-state index contributed by atoms with van der Waals surface area (Å²) in [5.41, 5.74) is 4.81. The molecule has 2 aliphatic rings. The lowest BCUT2D eigenvalue weighted by Gasteiger charge is -2.28. The van der Waals surface area contributed by atoms with Crippen LogP contribution in [0, 0.1) is 5.82 Å². The first kappa shape index (κ1) is 26.3. The SMILES string of the molecule is CCC(Nc1ccc(=O)[nH]c1C1CCc2cc(O)ccc2C1)c1ccc(OCCN2CCCCC2)c(F)c1. The Labute approximate surface area is 223 Å². The van der Waals surface area contributed by atoms with Gasteiger partial charge in [0.05, 0.1) is 11.7 Å². The monoisotopic (exact) mass is 519 g/mol. The number of benzene rings is 2. The van der Waals surface area contributed by atoms with Gasteiger partial charge in [-0.2, -0.15) is 0 Å². The van der Waals surface area contributed by atoms with E-state index in [4.69, 9.17) is 4.74 Å². The van der Waals surface area contributed by atoms with Crippen LogP contribution in [0.3, 0.4) is 0 Å². The average molecular weight is 520 g/mol. The Morgan fingerprint density at radius 1 is 1.11 bits per heavy atom. The van der Waals surface area contributed by atoms with E-state index in [0.29, 0.717) is 6.61 Å². The van der Waals surface area contributed by atoms with Crippen molar-refractivity contribution in [2.75, 3.05) is 31.6 Å². The van der Waals surface area contributed by atoms with Crippen LogP contribution in [0.15, 0.2) is 53.3 Å². The van der Waals surface area contributed by atoms with Crippen LogP contribution >= 0.6 is 0 Å². The third-order valence-electron chi connectivity index (χ3n) is 7.99. The van der Waals surface area contributed by atoms with Crippen molar-refractivity contribution in [3.05, 3.63) is 87.1 Å². The first-order chi connectivity index (χ1) is 18.5. The van der Waals surface area contributed by atoms with E-state index >= 15 is 4.39 Å². The van der Waals surface area contributed by atoms with Crippen LogP contribution in [0.1, 0.15) is 73.4 Å². The average Bonchev–Trinajstić information content (AvgIpc) is 2.93. The van der Waals surface area contributed by atoms with Crippen LogP contribution in [0.2, 0.25) is 0 Å². The highest BCUT2D eigenvalue weighted by Gasteiger charge is 2.25. The highest BCUT2D eigenvalue weighted by molar-refractivity contribution is 5.52.